The molecule has 0 bridgehead atoms. The Hall–Kier alpha value is -1.44. The third-order valence-electron chi connectivity index (χ3n) is 0.937. The number of carbonyl (C=O) groups excluding carboxylic acids is 1. The monoisotopic (exact) mass is 124 g/mol. The van der Waals surface area contributed by atoms with E-state index in [4.69, 9.17) is 5.26 Å². The van der Waals surface area contributed by atoms with Gasteiger partial charge in [-0.25, -0.2) is 5.01 Å². The molecule has 1 rings (SSSR count). The van der Waals surface area contributed by atoms with Crippen LogP contribution >= 0.6 is 0 Å². The van der Waals surface area contributed by atoms with E-state index in [0.717, 1.165) is 5.01 Å². The molecule has 0 aromatic heterocycles. The first-order chi connectivity index (χ1) is 4.36. The number of hydrogen-bond donors (Lipinski definition) is 0. The summed E-state index contributed by atoms with van der Waals surface area (Å²) in [6.07, 6.45) is 0.542. The van der Waals surface area contributed by atoms with E-state index in [-0.39, 0.29) is 0 Å². The fourth-order valence-corrected chi connectivity index (χ4v) is 0.510. The molecular formula is C4H4N4O. The zero-order valence-electron chi connectivity index (χ0n) is 4.56. The summed E-state index contributed by atoms with van der Waals surface area (Å²) < 4.78 is 0. The van der Waals surface area contributed by atoms with Gasteiger partial charge in [0.1, 0.15) is 0 Å². The molecule has 1 aliphatic rings. The first-order valence-electron chi connectivity index (χ1n) is 2.39. The van der Waals surface area contributed by atoms with Crippen molar-refractivity contribution < 1.29 is 4.79 Å². The molecule has 0 fully saturated rings. The highest BCUT2D eigenvalue weighted by molar-refractivity contribution is 5.46. The van der Waals surface area contributed by atoms with Crippen LogP contribution in [0.25, 0.3) is 0 Å². The average Bonchev–Trinajstić information content (AvgIpc) is 2.34. The highest BCUT2D eigenvalue weighted by atomic mass is 16.1. The maximum atomic E-state index is 9.93. The van der Waals surface area contributed by atoms with Gasteiger partial charge in [-0.05, 0) is 0 Å². The van der Waals surface area contributed by atoms with E-state index in [1.54, 1.807) is 0 Å². The number of nitrogens with zero attached hydrogens (tertiary/aromatic N) is 4. The van der Waals surface area contributed by atoms with Gasteiger partial charge in [0, 0.05) is 0 Å². The summed E-state index contributed by atoms with van der Waals surface area (Å²) in [4.78, 5) is 9.93. The number of hydrogen-bond acceptors (Lipinski definition) is 4. The Labute approximate surface area is 51.6 Å². The van der Waals surface area contributed by atoms with Gasteiger partial charge in [0.25, 0.3) is 0 Å². The van der Waals surface area contributed by atoms with Crippen LogP contribution in [-0.2, 0) is 4.79 Å². The van der Waals surface area contributed by atoms with E-state index in [1.165, 1.54) is 0 Å². The van der Waals surface area contributed by atoms with Crippen molar-refractivity contribution in [2.24, 2.45) is 10.3 Å². The molecule has 1 unspecified atom stereocenters. The predicted molar refractivity (Wildman–Crippen MR) is 27.0 cm³/mol. The van der Waals surface area contributed by atoms with E-state index in [1.807, 2.05) is 6.07 Å². The summed E-state index contributed by atoms with van der Waals surface area (Å²) in [6, 6.07) is 1.40. The molecule has 0 aromatic rings. The van der Waals surface area contributed by atoms with Crippen molar-refractivity contribution in [3.63, 3.8) is 0 Å². The van der Waals surface area contributed by atoms with Crippen LogP contribution in [0, 0.1) is 11.3 Å². The SMILES string of the molecule is N#CC1CN(C=O)N=N1. The van der Waals surface area contributed by atoms with Gasteiger partial charge in [0.2, 0.25) is 6.41 Å². The number of nitriles is 1. The van der Waals surface area contributed by atoms with Crippen molar-refractivity contribution in [2.75, 3.05) is 6.54 Å². The molecule has 1 atom stereocenters. The van der Waals surface area contributed by atoms with Gasteiger partial charge in [-0.2, -0.15) is 5.26 Å². The Balaban J connectivity index is 2.51. The summed E-state index contributed by atoms with van der Waals surface area (Å²) in [6.45, 7) is 0.292. The number of carbonyl (C=O) groups is 1. The molecule has 0 spiro atoms. The minimum absolute atomic E-state index is 0.292. The minimum atomic E-state index is -0.463. The third kappa shape index (κ3) is 1.02. The van der Waals surface area contributed by atoms with Crippen LogP contribution in [0.4, 0.5) is 0 Å². The zero-order valence-corrected chi connectivity index (χ0v) is 4.56. The zero-order chi connectivity index (χ0) is 6.69. The van der Waals surface area contributed by atoms with E-state index in [9.17, 15) is 4.79 Å². The van der Waals surface area contributed by atoms with Crippen LogP contribution in [0.3, 0.4) is 0 Å². The van der Waals surface area contributed by atoms with Crippen molar-refractivity contribution in [1.29, 1.82) is 5.26 Å². The second-order valence-electron chi connectivity index (χ2n) is 1.58. The van der Waals surface area contributed by atoms with Crippen LogP contribution in [0.5, 0.6) is 0 Å². The molecule has 0 radical (unpaired) electrons. The Bertz CT molecular complexity index is 181. The Morgan fingerprint density at radius 2 is 2.67 bits per heavy atom. The normalized spacial score (nSPS) is 23.9. The van der Waals surface area contributed by atoms with E-state index >= 15 is 0 Å². The van der Waals surface area contributed by atoms with Gasteiger partial charge in [0.05, 0.1) is 12.6 Å². The molecule has 1 heterocycles. The van der Waals surface area contributed by atoms with E-state index < -0.39 is 6.04 Å². The van der Waals surface area contributed by atoms with Crippen LogP contribution < -0.4 is 0 Å². The lowest BCUT2D eigenvalue weighted by Gasteiger charge is -1.97. The van der Waals surface area contributed by atoms with Crippen molar-refractivity contribution in [2.45, 2.75) is 6.04 Å². The molecule has 5 heteroatoms. The van der Waals surface area contributed by atoms with Crippen LogP contribution in [0.1, 0.15) is 0 Å². The number of amides is 1. The molecule has 0 N–H and O–H groups in total. The van der Waals surface area contributed by atoms with Gasteiger partial charge in [0.15, 0.2) is 6.04 Å². The van der Waals surface area contributed by atoms with E-state index in [0.29, 0.717) is 13.0 Å². The molecule has 46 valence electrons. The first kappa shape index (κ1) is 5.69. The van der Waals surface area contributed by atoms with Gasteiger partial charge in [-0.15, -0.1) is 5.11 Å². The lowest BCUT2D eigenvalue weighted by molar-refractivity contribution is -0.117. The van der Waals surface area contributed by atoms with Crippen molar-refractivity contribution in [1.82, 2.24) is 5.01 Å². The Morgan fingerprint density at radius 3 is 3.00 bits per heavy atom. The molecule has 9 heavy (non-hydrogen) atoms. The quantitative estimate of drug-likeness (QED) is 0.451. The van der Waals surface area contributed by atoms with Gasteiger partial charge in [-0.3, -0.25) is 4.79 Å². The smallest absolute Gasteiger partial charge is 0.231 e. The molecule has 0 saturated heterocycles. The Morgan fingerprint density at radius 1 is 1.89 bits per heavy atom. The van der Waals surface area contributed by atoms with Crippen molar-refractivity contribution in [3.05, 3.63) is 0 Å². The number of rotatable bonds is 1. The second-order valence-corrected chi connectivity index (χ2v) is 1.58. The standard InChI is InChI=1S/C4H4N4O/c5-1-4-2-8(3-9)7-6-4/h3-4H,2H2. The topological polar surface area (TPSA) is 68.8 Å². The van der Waals surface area contributed by atoms with E-state index in [2.05, 4.69) is 10.3 Å². The third-order valence-corrected chi connectivity index (χ3v) is 0.937. The van der Waals surface area contributed by atoms with Crippen LogP contribution in [0.15, 0.2) is 10.3 Å². The lowest BCUT2D eigenvalue weighted by atomic mass is 10.3. The summed E-state index contributed by atoms with van der Waals surface area (Å²) in [5.41, 5.74) is 0. The summed E-state index contributed by atoms with van der Waals surface area (Å²) in [5, 5.41) is 16.2. The highest BCUT2D eigenvalue weighted by Crippen LogP contribution is 2.03. The van der Waals surface area contributed by atoms with Crippen molar-refractivity contribution >= 4 is 6.41 Å². The highest BCUT2D eigenvalue weighted by Gasteiger charge is 2.16. The Kier molecular flexibility index (Phi) is 1.40. The minimum Gasteiger partial charge on any atom is -0.277 e. The van der Waals surface area contributed by atoms with Gasteiger partial charge >= 0.3 is 0 Å². The second kappa shape index (κ2) is 2.22. The van der Waals surface area contributed by atoms with Gasteiger partial charge < -0.3 is 0 Å². The van der Waals surface area contributed by atoms with Crippen LogP contribution in [0.2, 0.25) is 0 Å². The maximum absolute atomic E-state index is 9.93. The maximum Gasteiger partial charge on any atom is 0.231 e. The largest absolute Gasteiger partial charge is 0.277 e. The molecule has 0 aliphatic carbocycles. The fraction of sp³-hybridized carbons (Fsp3) is 0.500. The fourth-order valence-electron chi connectivity index (χ4n) is 0.510. The summed E-state index contributed by atoms with van der Waals surface area (Å²) in [7, 11) is 0. The predicted octanol–water partition coefficient (Wildman–Crippen LogP) is -0.282. The molecule has 0 aromatic carbocycles. The lowest BCUT2D eigenvalue weighted by Crippen LogP contribution is -2.17. The summed E-state index contributed by atoms with van der Waals surface area (Å²) in [5.74, 6) is 0. The molecule has 1 aliphatic heterocycles. The molecule has 0 saturated carbocycles. The molecule has 5 nitrogen and oxygen atoms in total. The summed E-state index contributed by atoms with van der Waals surface area (Å²) >= 11 is 0. The first-order valence-corrected chi connectivity index (χ1v) is 2.39. The van der Waals surface area contributed by atoms with Crippen molar-refractivity contribution in [3.8, 4) is 6.07 Å². The molecule has 1 amide bonds. The van der Waals surface area contributed by atoms with Crippen LogP contribution in [-0.4, -0.2) is 24.0 Å². The van der Waals surface area contributed by atoms with Gasteiger partial charge in [-0.1, -0.05) is 5.22 Å². The molecular weight excluding hydrogens is 120 g/mol. The average molecular weight is 124 g/mol.